The van der Waals surface area contributed by atoms with E-state index < -0.39 is 0 Å². The molecule has 196 valence electrons. The number of piperazine rings is 2. The molecule has 0 spiro atoms. The highest BCUT2D eigenvalue weighted by molar-refractivity contribution is 5.59. The third-order valence-electron chi connectivity index (χ3n) is 7.33. The SMILES string of the molecule is NCCN1CCN(c2nc(N3CCOCC3)c(F)c(N3CCN(c4ccc(CN)cc4)CC3)n2)CC1. The molecule has 0 aliphatic carbocycles. The van der Waals surface area contributed by atoms with Gasteiger partial charge in [0.1, 0.15) is 0 Å². The van der Waals surface area contributed by atoms with Crippen LogP contribution in [0.5, 0.6) is 0 Å². The van der Waals surface area contributed by atoms with Crippen LogP contribution in [-0.4, -0.2) is 107 Å². The molecule has 4 heterocycles. The van der Waals surface area contributed by atoms with E-state index in [2.05, 4.69) is 43.9 Å². The van der Waals surface area contributed by atoms with Crippen LogP contribution in [0.25, 0.3) is 0 Å². The second-order valence-electron chi connectivity index (χ2n) is 9.55. The molecule has 3 saturated heterocycles. The van der Waals surface area contributed by atoms with E-state index in [0.717, 1.165) is 51.4 Å². The molecule has 36 heavy (non-hydrogen) atoms. The third-order valence-corrected chi connectivity index (χ3v) is 7.33. The molecular weight excluding hydrogens is 461 g/mol. The second-order valence-corrected chi connectivity index (χ2v) is 9.55. The highest BCUT2D eigenvalue weighted by Crippen LogP contribution is 2.30. The first-order chi connectivity index (χ1) is 17.7. The van der Waals surface area contributed by atoms with Gasteiger partial charge in [0.15, 0.2) is 11.6 Å². The Morgan fingerprint density at radius 2 is 1.28 bits per heavy atom. The summed E-state index contributed by atoms with van der Waals surface area (Å²) in [5.74, 6) is 1.08. The van der Waals surface area contributed by atoms with Crippen LogP contribution >= 0.6 is 0 Å². The zero-order chi connectivity index (χ0) is 24.9. The van der Waals surface area contributed by atoms with Crippen molar-refractivity contribution in [3.8, 4) is 0 Å². The normalized spacial score (nSPS) is 19.8. The van der Waals surface area contributed by atoms with Crippen LogP contribution in [0.1, 0.15) is 5.56 Å². The molecule has 3 fully saturated rings. The van der Waals surface area contributed by atoms with Crippen molar-refractivity contribution in [2.24, 2.45) is 11.5 Å². The molecule has 1 aromatic heterocycles. The lowest BCUT2D eigenvalue weighted by Crippen LogP contribution is -2.49. The van der Waals surface area contributed by atoms with Gasteiger partial charge >= 0.3 is 0 Å². The zero-order valence-corrected chi connectivity index (χ0v) is 21.0. The van der Waals surface area contributed by atoms with Crippen LogP contribution in [0, 0.1) is 5.82 Å². The van der Waals surface area contributed by atoms with Crippen LogP contribution in [-0.2, 0) is 11.3 Å². The van der Waals surface area contributed by atoms with Crippen molar-refractivity contribution in [2.45, 2.75) is 6.54 Å². The fourth-order valence-corrected chi connectivity index (χ4v) is 5.12. The van der Waals surface area contributed by atoms with Crippen molar-refractivity contribution in [3.63, 3.8) is 0 Å². The number of aromatic nitrogens is 2. The van der Waals surface area contributed by atoms with Crippen LogP contribution < -0.4 is 31.1 Å². The molecule has 1 aromatic carbocycles. The summed E-state index contributed by atoms with van der Waals surface area (Å²) in [4.78, 5) is 20.5. The van der Waals surface area contributed by atoms with E-state index in [4.69, 9.17) is 26.2 Å². The molecule has 0 radical (unpaired) electrons. The van der Waals surface area contributed by atoms with Crippen molar-refractivity contribution < 1.29 is 9.13 Å². The number of nitrogens with zero attached hydrogens (tertiary/aromatic N) is 7. The Kier molecular flexibility index (Phi) is 8.00. The summed E-state index contributed by atoms with van der Waals surface area (Å²) in [6.45, 7) is 10.9. The quantitative estimate of drug-likeness (QED) is 0.554. The lowest BCUT2D eigenvalue weighted by molar-refractivity contribution is 0.122. The van der Waals surface area contributed by atoms with E-state index in [0.29, 0.717) is 70.1 Å². The number of morpholine rings is 1. The maximum absolute atomic E-state index is 15.9. The summed E-state index contributed by atoms with van der Waals surface area (Å²) in [6, 6.07) is 8.37. The minimum Gasteiger partial charge on any atom is -0.378 e. The Balaban J connectivity index is 1.35. The average Bonchev–Trinajstić information content (AvgIpc) is 2.94. The Labute approximate surface area is 212 Å². The van der Waals surface area contributed by atoms with E-state index in [1.807, 2.05) is 4.90 Å². The molecule has 3 aliphatic rings. The van der Waals surface area contributed by atoms with Crippen molar-refractivity contribution in [1.29, 1.82) is 0 Å². The molecule has 0 amide bonds. The highest BCUT2D eigenvalue weighted by Gasteiger charge is 2.29. The summed E-state index contributed by atoms with van der Waals surface area (Å²) in [5, 5.41) is 0. The third kappa shape index (κ3) is 5.49. The van der Waals surface area contributed by atoms with Gasteiger partial charge in [-0.25, -0.2) is 0 Å². The second kappa shape index (κ2) is 11.5. The minimum atomic E-state index is -0.330. The molecule has 0 unspecified atom stereocenters. The number of anilines is 4. The zero-order valence-electron chi connectivity index (χ0n) is 21.0. The first kappa shape index (κ1) is 24.9. The standard InChI is InChI=1S/C25H38FN9O/c26-22-23(33-13-11-32(12-14-33)21-3-1-20(19-28)2-4-21)29-25(30-24(22)34-15-17-36-18-16-34)35-9-7-31(6-5-27)8-10-35/h1-4H,5-19,27-28H2. The summed E-state index contributed by atoms with van der Waals surface area (Å²) < 4.78 is 21.4. The molecule has 4 N–H and O–H groups in total. The van der Waals surface area contributed by atoms with E-state index in [9.17, 15) is 0 Å². The van der Waals surface area contributed by atoms with E-state index in [1.54, 1.807) is 0 Å². The van der Waals surface area contributed by atoms with E-state index in [-0.39, 0.29) is 5.82 Å². The Morgan fingerprint density at radius 1 is 0.722 bits per heavy atom. The molecule has 10 nitrogen and oxygen atoms in total. The summed E-state index contributed by atoms with van der Waals surface area (Å²) in [5.41, 5.74) is 13.8. The number of ether oxygens (including phenoxy) is 1. The van der Waals surface area contributed by atoms with E-state index in [1.165, 1.54) is 5.69 Å². The Bertz CT molecular complexity index is 986. The van der Waals surface area contributed by atoms with Crippen LogP contribution in [0.4, 0.5) is 27.7 Å². The average molecular weight is 500 g/mol. The first-order valence-corrected chi connectivity index (χ1v) is 13.0. The fraction of sp³-hybridized carbons (Fsp3) is 0.600. The molecule has 0 bridgehead atoms. The number of benzene rings is 1. The fourth-order valence-electron chi connectivity index (χ4n) is 5.12. The van der Waals surface area contributed by atoms with Gasteiger partial charge in [0.25, 0.3) is 0 Å². The lowest BCUT2D eigenvalue weighted by atomic mass is 10.2. The summed E-state index contributed by atoms with van der Waals surface area (Å²) in [6.07, 6.45) is 0. The molecule has 0 saturated carbocycles. The molecule has 2 aromatic rings. The number of hydrogen-bond donors (Lipinski definition) is 2. The minimum absolute atomic E-state index is 0.330. The Hall–Kier alpha value is -2.73. The van der Waals surface area contributed by atoms with Gasteiger partial charge < -0.3 is 35.8 Å². The number of halogens is 1. The van der Waals surface area contributed by atoms with Crippen molar-refractivity contribution in [2.75, 3.05) is 111 Å². The van der Waals surface area contributed by atoms with Crippen LogP contribution in [0.2, 0.25) is 0 Å². The summed E-state index contributed by atoms with van der Waals surface area (Å²) in [7, 11) is 0. The predicted molar refractivity (Wildman–Crippen MR) is 141 cm³/mol. The molecule has 11 heteroatoms. The van der Waals surface area contributed by atoms with Gasteiger partial charge in [0.2, 0.25) is 11.8 Å². The summed E-state index contributed by atoms with van der Waals surface area (Å²) >= 11 is 0. The molecule has 5 rings (SSSR count). The molecular formula is C25H38FN9O. The number of nitrogens with two attached hydrogens (primary N) is 2. The van der Waals surface area contributed by atoms with Gasteiger partial charge in [-0.2, -0.15) is 14.4 Å². The van der Waals surface area contributed by atoms with E-state index >= 15 is 4.39 Å². The first-order valence-electron chi connectivity index (χ1n) is 13.0. The van der Waals surface area contributed by atoms with Crippen molar-refractivity contribution >= 4 is 23.3 Å². The van der Waals surface area contributed by atoms with Crippen LogP contribution in [0.15, 0.2) is 24.3 Å². The number of hydrogen-bond acceptors (Lipinski definition) is 10. The highest BCUT2D eigenvalue weighted by atomic mass is 19.1. The predicted octanol–water partition coefficient (Wildman–Crippen LogP) is 0.318. The lowest BCUT2D eigenvalue weighted by Gasteiger charge is -2.39. The maximum Gasteiger partial charge on any atom is 0.229 e. The van der Waals surface area contributed by atoms with Gasteiger partial charge in [-0.3, -0.25) is 4.90 Å². The largest absolute Gasteiger partial charge is 0.378 e. The van der Waals surface area contributed by atoms with Crippen molar-refractivity contribution in [3.05, 3.63) is 35.6 Å². The smallest absolute Gasteiger partial charge is 0.229 e. The van der Waals surface area contributed by atoms with Gasteiger partial charge in [-0.05, 0) is 17.7 Å². The molecule has 3 aliphatic heterocycles. The topological polar surface area (TPSA) is 103 Å². The monoisotopic (exact) mass is 499 g/mol. The number of rotatable bonds is 7. The van der Waals surface area contributed by atoms with Gasteiger partial charge in [0, 0.05) is 90.8 Å². The van der Waals surface area contributed by atoms with Gasteiger partial charge in [0.05, 0.1) is 13.2 Å². The Morgan fingerprint density at radius 3 is 1.86 bits per heavy atom. The van der Waals surface area contributed by atoms with Gasteiger partial charge in [-0.15, -0.1) is 0 Å². The maximum atomic E-state index is 15.9. The van der Waals surface area contributed by atoms with Gasteiger partial charge in [-0.1, -0.05) is 12.1 Å². The van der Waals surface area contributed by atoms with Crippen LogP contribution in [0.3, 0.4) is 0 Å². The van der Waals surface area contributed by atoms with Crippen molar-refractivity contribution in [1.82, 2.24) is 14.9 Å². The molecule has 0 atom stereocenters.